The molecule has 0 heterocycles. The van der Waals surface area contributed by atoms with Gasteiger partial charge in [0.2, 0.25) is 0 Å². The number of aliphatic hydroxyl groups excluding tert-OH is 1. The molecule has 0 aromatic heterocycles. The highest BCUT2D eigenvalue weighted by atomic mass is 16.6. The summed E-state index contributed by atoms with van der Waals surface area (Å²) in [5, 5.41) is 22.5. The molecule has 0 spiro atoms. The Balaban J connectivity index is 1.42. The van der Waals surface area contributed by atoms with Gasteiger partial charge in [0.15, 0.2) is 0 Å². The highest BCUT2D eigenvalue weighted by Gasteiger charge is 2.62. The molecule has 190 valence electrons. The van der Waals surface area contributed by atoms with Gasteiger partial charge in [0.25, 0.3) is 0 Å². The van der Waals surface area contributed by atoms with Crippen LogP contribution in [0.1, 0.15) is 71.3 Å². The van der Waals surface area contributed by atoms with Gasteiger partial charge in [0.1, 0.15) is 0 Å². The van der Waals surface area contributed by atoms with Crippen LogP contribution in [-0.4, -0.2) is 46.1 Å². The number of allylic oxidation sites excluding steroid dienone is 3. The smallest absolute Gasteiger partial charge is 0.410 e. The first-order chi connectivity index (χ1) is 16.7. The third-order valence-corrected chi connectivity index (χ3v) is 10.1. The minimum Gasteiger partial charge on any atom is -0.450 e. The number of aliphatic hydroxyl groups is 2. The first kappa shape index (κ1) is 24.6. The maximum atomic E-state index is 12.9. The van der Waals surface area contributed by atoms with Gasteiger partial charge >= 0.3 is 6.09 Å². The van der Waals surface area contributed by atoms with Gasteiger partial charge in [-0.25, -0.2) is 4.79 Å². The summed E-state index contributed by atoms with van der Waals surface area (Å²) in [4.78, 5) is 14.7. The molecule has 5 rings (SSSR count). The number of carbonyl (C=O) groups excluding carboxylic acids is 1. The van der Waals surface area contributed by atoms with Crippen LogP contribution in [0.4, 0.5) is 4.79 Å². The lowest BCUT2D eigenvalue weighted by molar-refractivity contribution is -0.100. The fraction of sp³-hybridized carbons (Fsp3) is 0.633. The van der Waals surface area contributed by atoms with Crippen molar-refractivity contribution in [3.05, 3.63) is 59.2 Å². The summed E-state index contributed by atoms with van der Waals surface area (Å²) in [6.07, 6.45) is 10.3. The first-order valence-electron chi connectivity index (χ1n) is 13.5. The zero-order chi connectivity index (χ0) is 24.8. The van der Waals surface area contributed by atoms with Crippen LogP contribution in [0, 0.1) is 22.7 Å². The molecular weight excluding hydrogens is 438 g/mol. The maximum Gasteiger partial charge on any atom is 0.410 e. The Morgan fingerprint density at radius 3 is 2.54 bits per heavy atom. The monoisotopic (exact) mass is 479 g/mol. The van der Waals surface area contributed by atoms with Gasteiger partial charge in [-0.1, -0.05) is 67.5 Å². The van der Waals surface area contributed by atoms with E-state index in [1.807, 2.05) is 37.3 Å². The zero-order valence-corrected chi connectivity index (χ0v) is 21.5. The van der Waals surface area contributed by atoms with E-state index in [4.69, 9.17) is 4.74 Å². The predicted molar refractivity (Wildman–Crippen MR) is 137 cm³/mol. The molecule has 4 aliphatic rings. The van der Waals surface area contributed by atoms with Gasteiger partial charge in [0, 0.05) is 12.0 Å². The maximum absolute atomic E-state index is 12.9. The predicted octanol–water partition coefficient (Wildman–Crippen LogP) is 5.62. The van der Waals surface area contributed by atoms with Crippen LogP contribution in [0.3, 0.4) is 0 Å². The number of rotatable bonds is 5. The molecule has 0 radical (unpaired) electrons. The van der Waals surface area contributed by atoms with Crippen molar-refractivity contribution in [3.8, 4) is 0 Å². The van der Waals surface area contributed by atoms with Crippen LogP contribution in [0.2, 0.25) is 0 Å². The first-order valence-corrected chi connectivity index (χ1v) is 13.5. The Kier molecular flexibility index (Phi) is 6.38. The van der Waals surface area contributed by atoms with Crippen molar-refractivity contribution in [1.82, 2.24) is 4.90 Å². The average molecular weight is 480 g/mol. The van der Waals surface area contributed by atoms with E-state index in [1.165, 1.54) is 11.1 Å². The van der Waals surface area contributed by atoms with Crippen molar-refractivity contribution >= 4 is 6.09 Å². The molecule has 0 bridgehead atoms. The summed E-state index contributed by atoms with van der Waals surface area (Å²) in [5.41, 5.74) is 2.80. The molecule has 5 nitrogen and oxygen atoms in total. The standard InChI is InChI=1S/C30H41NO4/c1-4-35-27(33)31(19-21-8-6-5-7-9-21)20-30(34)17-14-26-24-11-10-22-18-23(32)12-15-28(22,2)25(24)13-16-29(26,30)3/h5-11,23,25-26,32,34H,4,12-20H2,1-3H3/t23-,25-,26-,28-,29-,30+/m0/s1. The summed E-state index contributed by atoms with van der Waals surface area (Å²) in [5.74, 6) is 0.800. The number of hydrogen-bond acceptors (Lipinski definition) is 4. The number of amides is 1. The van der Waals surface area contributed by atoms with Crippen LogP contribution < -0.4 is 0 Å². The molecule has 4 aliphatic carbocycles. The van der Waals surface area contributed by atoms with Crippen LogP contribution in [-0.2, 0) is 11.3 Å². The minimum atomic E-state index is -0.960. The lowest BCUT2D eigenvalue weighted by Gasteiger charge is -2.56. The van der Waals surface area contributed by atoms with Crippen molar-refractivity contribution in [2.45, 2.75) is 84.0 Å². The summed E-state index contributed by atoms with van der Waals surface area (Å²) in [6, 6.07) is 9.95. The average Bonchev–Trinajstić information content (AvgIpc) is 3.10. The second kappa shape index (κ2) is 9.08. The molecular formula is C30H41NO4. The van der Waals surface area contributed by atoms with E-state index < -0.39 is 5.60 Å². The topological polar surface area (TPSA) is 70.0 Å². The van der Waals surface area contributed by atoms with E-state index >= 15 is 0 Å². The Bertz CT molecular complexity index is 1020. The highest BCUT2D eigenvalue weighted by Crippen LogP contribution is 2.66. The molecule has 2 N–H and O–H groups in total. The van der Waals surface area contributed by atoms with Crippen molar-refractivity contribution in [1.29, 1.82) is 0 Å². The number of benzene rings is 1. The van der Waals surface area contributed by atoms with Crippen molar-refractivity contribution < 1.29 is 19.7 Å². The number of hydrogen-bond donors (Lipinski definition) is 2. The highest BCUT2D eigenvalue weighted by molar-refractivity contribution is 5.67. The molecule has 35 heavy (non-hydrogen) atoms. The third kappa shape index (κ3) is 4.05. The summed E-state index contributed by atoms with van der Waals surface area (Å²) < 4.78 is 5.40. The molecule has 3 saturated carbocycles. The van der Waals surface area contributed by atoms with E-state index in [9.17, 15) is 15.0 Å². The van der Waals surface area contributed by atoms with Crippen molar-refractivity contribution in [3.63, 3.8) is 0 Å². The molecule has 0 unspecified atom stereocenters. The van der Waals surface area contributed by atoms with Gasteiger partial charge in [-0.05, 0) is 74.7 Å². The summed E-state index contributed by atoms with van der Waals surface area (Å²) in [7, 11) is 0. The van der Waals surface area contributed by atoms with Crippen molar-refractivity contribution in [2.24, 2.45) is 22.7 Å². The number of ether oxygens (including phenoxy) is 1. The van der Waals surface area contributed by atoms with E-state index in [2.05, 4.69) is 26.0 Å². The zero-order valence-electron chi connectivity index (χ0n) is 21.5. The lowest BCUT2D eigenvalue weighted by Crippen LogP contribution is -2.56. The molecule has 3 fully saturated rings. The van der Waals surface area contributed by atoms with Gasteiger partial charge in [0.05, 0.1) is 24.9 Å². The fourth-order valence-corrected chi connectivity index (χ4v) is 7.87. The quantitative estimate of drug-likeness (QED) is 0.575. The Morgan fingerprint density at radius 1 is 1.06 bits per heavy atom. The fourth-order valence-electron chi connectivity index (χ4n) is 7.87. The van der Waals surface area contributed by atoms with E-state index in [0.717, 1.165) is 44.1 Å². The van der Waals surface area contributed by atoms with Gasteiger partial charge in [-0.15, -0.1) is 0 Å². The number of fused-ring (bicyclic) bond motifs is 5. The normalized spacial score (nSPS) is 37.9. The third-order valence-electron chi connectivity index (χ3n) is 10.1. The van der Waals surface area contributed by atoms with Crippen LogP contribution in [0.5, 0.6) is 0 Å². The molecule has 0 aliphatic heterocycles. The molecule has 0 saturated heterocycles. The Hall–Kier alpha value is -2.11. The van der Waals surface area contributed by atoms with Crippen LogP contribution in [0.25, 0.3) is 0 Å². The van der Waals surface area contributed by atoms with Crippen LogP contribution in [0.15, 0.2) is 53.6 Å². The lowest BCUT2D eigenvalue weighted by atomic mass is 9.50. The van der Waals surface area contributed by atoms with Gasteiger partial charge < -0.3 is 19.8 Å². The minimum absolute atomic E-state index is 0.121. The van der Waals surface area contributed by atoms with E-state index in [0.29, 0.717) is 31.4 Å². The molecule has 1 amide bonds. The molecule has 1 aromatic rings. The van der Waals surface area contributed by atoms with Gasteiger partial charge in [-0.3, -0.25) is 0 Å². The second-order valence-corrected chi connectivity index (χ2v) is 11.8. The Morgan fingerprint density at radius 2 is 1.80 bits per heavy atom. The largest absolute Gasteiger partial charge is 0.450 e. The van der Waals surface area contributed by atoms with Gasteiger partial charge in [-0.2, -0.15) is 0 Å². The molecule has 5 heteroatoms. The second-order valence-electron chi connectivity index (χ2n) is 11.8. The van der Waals surface area contributed by atoms with Crippen molar-refractivity contribution in [2.75, 3.05) is 13.2 Å². The number of carbonyl (C=O) groups is 1. The number of nitrogens with zero attached hydrogens (tertiary/aromatic N) is 1. The Labute approximate surface area is 209 Å². The molecule has 1 aromatic carbocycles. The molecule has 6 atom stereocenters. The summed E-state index contributed by atoms with van der Waals surface area (Å²) in [6.45, 7) is 7.51. The van der Waals surface area contributed by atoms with Crippen LogP contribution >= 0.6 is 0 Å². The van der Waals surface area contributed by atoms with E-state index in [1.54, 1.807) is 4.90 Å². The SMILES string of the molecule is CCOC(=O)N(Cc1ccccc1)C[C@]1(O)CC[C@H]2C3=CC=C4C[C@@H](O)CC[C@]4(C)[C@H]3CC[C@@]21C. The van der Waals surface area contributed by atoms with E-state index in [-0.39, 0.29) is 29.6 Å². The summed E-state index contributed by atoms with van der Waals surface area (Å²) >= 11 is 0.